The van der Waals surface area contributed by atoms with Gasteiger partial charge < -0.3 is 10.1 Å². The molecule has 2 nitrogen and oxygen atoms in total. The lowest BCUT2D eigenvalue weighted by molar-refractivity contribution is 0.0273. The Bertz CT molecular complexity index is 316. The highest BCUT2D eigenvalue weighted by Crippen LogP contribution is 2.22. The highest BCUT2D eigenvalue weighted by molar-refractivity contribution is 5.32. The van der Waals surface area contributed by atoms with Gasteiger partial charge in [-0.25, -0.2) is 0 Å². The highest BCUT2D eigenvalue weighted by atomic mass is 16.5. The first kappa shape index (κ1) is 9.69. The Morgan fingerprint density at radius 2 is 2.21 bits per heavy atom. The highest BCUT2D eigenvalue weighted by Gasteiger charge is 2.16. The molecule has 1 aromatic rings. The maximum atomic E-state index is 5.72. The van der Waals surface area contributed by atoms with Gasteiger partial charge in [-0.2, -0.15) is 0 Å². The molecule has 0 unspecified atom stereocenters. The van der Waals surface area contributed by atoms with Crippen molar-refractivity contribution in [1.29, 1.82) is 0 Å². The zero-order valence-electron chi connectivity index (χ0n) is 8.84. The molecule has 1 aliphatic heterocycles. The van der Waals surface area contributed by atoms with Crippen molar-refractivity contribution in [2.75, 3.05) is 19.7 Å². The maximum Gasteiger partial charge on any atom is 0.0952 e. The molecule has 0 spiro atoms. The molecule has 1 aromatic carbocycles. The third-order valence-electron chi connectivity index (χ3n) is 2.70. The fraction of sp³-hybridized carbons (Fsp3) is 0.500. The molecule has 1 aliphatic rings. The second-order valence-corrected chi connectivity index (χ2v) is 3.92. The fourth-order valence-electron chi connectivity index (χ4n) is 1.95. The summed E-state index contributed by atoms with van der Waals surface area (Å²) in [4.78, 5) is 0. The number of rotatable bonds is 1. The topological polar surface area (TPSA) is 21.3 Å². The molecule has 0 saturated carbocycles. The maximum absolute atomic E-state index is 5.72. The molecule has 0 amide bonds. The summed E-state index contributed by atoms with van der Waals surface area (Å²) in [6.45, 7) is 7.00. The summed E-state index contributed by atoms with van der Waals surface area (Å²) < 4.78 is 5.72. The van der Waals surface area contributed by atoms with Gasteiger partial charge in [-0.15, -0.1) is 0 Å². The van der Waals surface area contributed by atoms with E-state index in [9.17, 15) is 0 Å². The smallest absolute Gasteiger partial charge is 0.0952 e. The SMILES string of the molecule is Cc1ccc([C@H]2CNCCO2)c(C)c1. The van der Waals surface area contributed by atoms with Crippen LogP contribution >= 0.6 is 0 Å². The largest absolute Gasteiger partial charge is 0.371 e. The average Bonchev–Trinajstić information content (AvgIpc) is 2.19. The van der Waals surface area contributed by atoms with Gasteiger partial charge in [0, 0.05) is 13.1 Å². The number of nitrogens with one attached hydrogen (secondary N) is 1. The van der Waals surface area contributed by atoms with E-state index < -0.39 is 0 Å². The monoisotopic (exact) mass is 191 g/mol. The van der Waals surface area contributed by atoms with E-state index >= 15 is 0 Å². The van der Waals surface area contributed by atoms with E-state index in [-0.39, 0.29) is 6.10 Å². The molecule has 0 radical (unpaired) electrons. The van der Waals surface area contributed by atoms with Crippen LogP contribution in [-0.2, 0) is 4.74 Å². The summed E-state index contributed by atoms with van der Waals surface area (Å²) >= 11 is 0. The van der Waals surface area contributed by atoms with Crippen LogP contribution in [0.1, 0.15) is 22.8 Å². The van der Waals surface area contributed by atoms with Crippen molar-refractivity contribution in [3.8, 4) is 0 Å². The van der Waals surface area contributed by atoms with Crippen LogP contribution in [-0.4, -0.2) is 19.7 Å². The van der Waals surface area contributed by atoms with Crippen molar-refractivity contribution in [3.63, 3.8) is 0 Å². The van der Waals surface area contributed by atoms with Crippen molar-refractivity contribution in [1.82, 2.24) is 5.32 Å². The van der Waals surface area contributed by atoms with Crippen molar-refractivity contribution >= 4 is 0 Å². The molecule has 1 N–H and O–H groups in total. The molecule has 0 aromatic heterocycles. The van der Waals surface area contributed by atoms with Gasteiger partial charge >= 0.3 is 0 Å². The molecule has 0 aliphatic carbocycles. The van der Waals surface area contributed by atoms with E-state index in [2.05, 4.69) is 37.4 Å². The molecule has 1 saturated heterocycles. The predicted molar refractivity (Wildman–Crippen MR) is 57.5 cm³/mol. The Labute approximate surface area is 85.3 Å². The van der Waals surface area contributed by atoms with Crippen molar-refractivity contribution in [3.05, 3.63) is 34.9 Å². The molecule has 76 valence electrons. The Kier molecular flexibility index (Phi) is 2.85. The molecule has 1 fully saturated rings. The van der Waals surface area contributed by atoms with Crippen LogP contribution in [0.5, 0.6) is 0 Å². The zero-order chi connectivity index (χ0) is 9.97. The quantitative estimate of drug-likeness (QED) is 0.732. The molecule has 0 bridgehead atoms. The van der Waals surface area contributed by atoms with Gasteiger partial charge in [0.25, 0.3) is 0 Å². The van der Waals surface area contributed by atoms with Gasteiger partial charge in [-0.1, -0.05) is 23.8 Å². The molecule has 1 heterocycles. The second-order valence-electron chi connectivity index (χ2n) is 3.92. The van der Waals surface area contributed by atoms with E-state index in [1.54, 1.807) is 0 Å². The van der Waals surface area contributed by atoms with Crippen molar-refractivity contribution in [2.24, 2.45) is 0 Å². The first-order valence-electron chi connectivity index (χ1n) is 5.17. The first-order chi connectivity index (χ1) is 6.77. The van der Waals surface area contributed by atoms with E-state index in [1.807, 2.05) is 0 Å². The minimum atomic E-state index is 0.240. The first-order valence-corrected chi connectivity index (χ1v) is 5.17. The van der Waals surface area contributed by atoms with Crippen LogP contribution in [0.25, 0.3) is 0 Å². The van der Waals surface area contributed by atoms with Crippen LogP contribution in [0.15, 0.2) is 18.2 Å². The lowest BCUT2D eigenvalue weighted by atomic mass is 10.0. The summed E-state index contributed by atoms with van der Waals surface area (Å²) in [5, 5.41) is 3.35. The average molecular weight is 191 g/mol. The number of aryl methyl sites for hydroxylation is 2. The molecule has 1 atom stereocenters. The number of hydrogen-bond donors (Lipinski definition) is 1. The Hall–Kier alpha value is -0.860. The molecular weight excluding hydrogens is 174 g/mol. The normalized spacial score (nSPS) is 22.3. The van der Waals surface area contributed by atoms with E-state index in [4.69, 9.17) is 4.74 Å². The summed E-state index contributed by atoms with van der Waals surface area (Å²) in [6.07, 6.45) is 0.240. The summed E-state index contributed by atoms with van der Waals surface area (Å²) in [5.41, 5.74) is 3.97. The minimum absolute atomic E-state index is 0.240. The fourth-order valence-corrected chi connectivity index (χ4v) is 1.95. The molecule has 2 heteroatoms. The third-order valence-corrected chi connectivity index (χ3v) is 2.70. The zero-order valence-corrected chi connectivity index (χ0v) is 8.84. The van der Waals surface area contributed by atoms with Gasteiger partial charge in [-0.05, 0) is 25.0 Å². The summed E-state index contributed by atoms with van der Waals surface area (Å²) in [6, 6.07) is 6.55. The molecular formula is C12H17NO. The Morgan fingerprint density at radius 1 is 1.36 bits per heavy atom. The van der Waals surface area contributed by atoms with Gasteiger partial charge in [-0.3, -0.25) is 0 Å². The molecule has 2 rings (SSSR count). The Balaban J connectivity index is 2.22. The van der Waals surface area contributed by atoms with Crippen molar-refractivity contribution in [2.45, 2.75) is 20.0 Å². The summed E-state index contributed by atoms with van der Waals surface area (Å²) in [7, 11) is 0. The number of morpholine rings is 1. The lowest BCUT2D eigenvalue weighted by Crippen LogP contribution is -2.33. The van der Waals surface area contributed by atoms with Crippen LogP contribution in [0.4, 0.5) is 0 Å². The molecule has 14 heavy (non-hydrogen) atoms. The van der Waals surface area contributed by atoms with E-state index in [1.165, 1.54) is 16.7 Å². The van der Waals surface area contributed by atoms with E-state index in [0.717, 1.165) is 19.7 Å². The van der Waals surface area contributed by atoms with Crippen molar-refractivity contribution < 1.29 is 4.74 Å². The van der Waals surface area contributed by atoms with Crippen LogP contribution in [0, 0.1) is 13.8 Å². The number of hydrogen-bond acceptors (Lipinski definition) is 2. The van der Waals surface area contributed by atoms with E-state index in [0.29, 0.717) is 0 Å². The van der Waals surface area contributed by atoms with Gasteiger partial charge in [0.2, 0.25) is 0 Å². The number of ether oxygens (including phenoxy) is 1. The summed E-state index contributed by atoms with van der Waals surface area (Å²) in [5.74, 6) is 0. The lowest BCUT2D eigenvalue weighted by Gasteiger charge is -2.25. The Morgan fingerprint density at radius 3 is 2.86 bits per heavy atom. The number of benzene rings is 1. The van der Waals surface area contributed by atoms with Crippen LogP contribution in [0.2, 0.25) is 0 Å². The third kappa shape index (κ3) is 1.97. The second kappa shape index (κ2) is 4.11. The standard InChI is InChI=1S/C12H17NO/c1-9-3-4-11(10(2)7-9)12-8-13-5-6-14-12/h3-4,7,12-13H,5-6,8H2,1-2H3/t12-/m1/s1. The van der Waals surface area contributed by atoms with Crippen LogP contribution < -0.4 is 5.32 Å². The predicted octanol–water partition coefficient (Wildman–Crippen LogP) is 1.96. The van der Waals surface area contributed by atoms with Crippen LogP contribution in [0.3, 0.4) is 0 Å². The van der Waals surface area contributed by atoms with Gasteiger partial charge in [0.05, 0.1) is 12.7 Å². The van der Waals surface area contributed by atoms with Gasteiger partial charge in [0.15, 0.2) is 0 Å². The van der Waals surface area contributed by atoms with Gasteiger partial charge in [0.1, 0.15) is 0 Å². The minimum Gasteiger partial charge on any atom is -0.371 e.